The minimum atomic E-state index is -0.923. The Labute approximate surface area is 136 Å². The van der Waals surface area contributed by atoms with Gasteiger partial charge in [-0.2, -0.15) is 0 Å². The van der Waals surface area contributed by atoms with E-state index < -0.39 is 18.2 Å². The summed E-state index contributed by atoms with van der Waals surface area (Å²) in [7, 11) is 1.30. The van der Waals surface area contributed by atoms with Gasteiger partial charge in [0.25, 0.3) is 0 Å². The van der Waals surface area contributed by atoms with Gasteiger partial charge >= 0.3 is 5.97 Å². The quantitative estimate of drug-likeness (QED) is 0.574. The van der Waals surface area contributed by atoms with Crippen molar-refractivity contribution in [3.63, 3.8) is 0 Å². The molecule has 0 spiro atoms. The number of esters is 1. The topological polar surface area (TPSA) is 105 Å². The molecule has 0 saturated carbocycles. The lowest BCUT2D eigenvalue weighted by molar-refractivity contribution is -0.137. The average Bonchev–Trinajstić information content (AvgIpc) is 2.48. The van der Waals surface area contributed by atoms with Gasteiger partial charge in [0, 0.05) is 12.5 Å². The largest absolute Gasteiger partial charge is 0.466 e. The van der Waals surface area contributed by atoms with Crippen LogP contribution in [0, 0.1) is 5.92 Å². The molecule has 1 unspecified atom stereocenters. The molecule has 1 aliphatic rings. The first kappa shape index (κ1) is 19.6. The Balaban J connectivity index is 3.10. The minimum absolute atomic E-state index is 0.104. The number of amides is 1. The Kier molecular flexibility index (Phi) is 7.67. The van der Waals surface area contributed by atoms with E-state index in [0.717, 1.165) is 0 Å². The van der Waals surface area contributed by atoms with Gasteiger partial charge < -0.3 is 25.0 Å². The molecule has 0 saturated heterocycles. The van der Waals surface area contributed by atoms with Gasteiger partial charge in [0.15, 0.2) is 0 Å². The summed E-state index contributed by atoms with van der Waals surface area (Å²) in [4.78, 5) is 23.4. The van der Waals surface area contributed by atoms with Crippen molar-refractivity contribution in [1.29, 1.82) is 0 Å². The van der Waals surface area contributed by atoms with Crippen LogP contribution in [-0.2, 0) is 19.1 Å². The summed E-state index contributed by atoms with van der Waals surface area (Å²) in [6, 6.07) is -0.385. The van der Waals surface area contributed by atoms with Gasteiger partial charge in [-0.15, -0.1) is 0 Å². The molecule has 0 radical (unpaired) electrons. The van der Waals surface area contributed by atoms with E-state index in [1.165, 1.54) is 14.0 Å². The summed E-state index contributed by atoms with van der Waals surface area (Å²) < 4.78 is 10.6. The molecule has 7 heteroatoms. The number of hydrogen-bond donors (Lipinski definition) is 3. The van der Waals surface area contributed by atoms with E-state index in [0.29, 0.717) is 12.0 Å². The minimum Gasteiger partial charge on any atom is -0.466 e. The summed E-state index contributed by atoms with van der Waals surface area (Å²) >= 11 is 0. The average molecular weight is 329 g/mol. The fourth-order valence-corrected chi connectivity index (χ4v) is 2.86. The highest BCUT2D eigenvalue weighted by molar-refractivity contribution is 5.88. The number of nitrogens with one attached hydrogen (secondary N) is 1. The highest BCUT2D eigenvalue weighted by Gasteiger charge is 2.37. The van der Waals surface area contributed by atoms with Crippen LogP contribution in [0.1, 0.15) is 33.6 Å². The SMILES string of the molecule is COC(=O)C1=C[C@@H](OC(C)C)[C@H](NC(C)=O)[C@@H](CC(O)CO)C1. The van der Waals surface area contributed by atoms with Crippen LogP contribution in [-0.4, -0.2) is 60.2 Å². The Morgan fingerprint density at radius 2 is 2.09 bits per heavy atom. The van der Waals surface area contributed by atoms with Gasteiger partial charge in [-0.05, 0) is 38.7 Å². The summed E-state index contributed by atoms with van der Waals surface area (Å²) in [5.41, 5.74) is 0.454. The molecular weight excluding hydrogens is 302 g/mol. The Bertz CT molecular complexity index is 448. The van der Waals surface area contributed by atoms with Crippen LogP contribution in [0.2, 0.25) is 0 Å². The zero-order chi connectivity index (χ0) is 17.6. The van der Waals surface area contributed by atoms with Crippen LogP contribution in [0.5, 0.6) is 0 Å². The number of aliphatic hydroxyl groups is 2. The monoisotopic (exact) mass is 329 g/mol. The molecule has 0 bridgehead atoms. The number of aliphatic hydroxyl groups excluding tert-OH is 2. The maximum atomic E-state index is 11.9. The molecule has 23 heavy (non-hydrogen) atoms. The molecule has 4 atom stereocenters. The third-order valence-corrected chi connectivity index (χ3v) is 3.74. The van der Waals surface area contributed by atoms with Gasteiger partial charge in [-0.1, -0.05) is 0 Å². The maximum absolute atomic E-state index is 11.9. The molecule has 132 valence electrons. The number of ether oxygens (including phenoxy) is 2. The second-order valence-corrected chi connectivity index (χ2v) is 6.10. The molecule has 7 nitrogen and oxygen atoms in total. The summed E-state index contributed by atoms with van der Waals surface area (Å²) in [5, 5.41) is 21.7. The van der Waals surface area contributed by atoms with Crippen molar-refractivity contribution < 1.29 is 29.3 Å². The number of carbonyl (C=O) groups excluding carboxylic acids is 2. The van der Waals surface area contributed by atoms with Crippen molar-refractivity contribution in [3.8, 4) is 0 Å². The number of rotatable bonds is 7. The molecule has 0 aromatic carbocycles. The Morgan fingerprint density at radius 3 is 2.57 bits per heavy atom. The maximum Gasteiger partial charge on any atom is 0.333 e. The normalized spacial score (nSPS) is 25.7. The van der Waals surface area contributed by atoms with Crippen LogP contribution >= 0.6 is 0 Å². The van der Waals surface area contributed by atoms with Crippen LogP contribution < -0.4 is 5.32 Å². The van der Waals surface area contributed by atoms with E-state index in [1.807, 2.05) is 13.8 Å². The fourth-order valence-electron chi connectivity index (χ4n) is 2.86. The number of methoxy groups -OCH3 is 1. The Hall–Kier alpha value is -1.44. The van der Waals surface area contributed by atoms with Crippen molar-refractivity contribution in [3.05, 3.63) is 11.6 Å². The van der Waals surface area contributed by atoms with Crippen molar-refractivity contribution in [1.82, 2.24) is 5.32 Å². The second-order valence-electron chi connectivity index (χ2n) is 6.10. The lowest BCUT2D eigenvalue weighted by Crippen LogP contribution is -2.51. The highest BCUT2D eigenvalue weighted by atomic mass is 16.5. The first-order valence-corrected chi connectivity index (χ1v) is 7.79. The number of hydrogen-bond acceptors (Lipinski definition) is 6. The second kappa shape index (κ2) is 9.00. The van der Waals surface area contributed by atoms with Crippen LogP contribution in [0.4, 0.5) is 0 Å². The molecule has 1 rings (SSSR count). The number of carbonyl (C=O) groups is 2. The molecule has 1 aliphatic carbocycles. The van der Waals surface area contributed by atoms with Crippen LogP contribution in [0.3, 0.4) is 0 Å². The fraction of sp³-hybridized carbons (Fsp3) is 0.750. The van der Waals surface area contributed by atoms with E-state index in [1.54, 1.807) is 6.08 Å². The predicted octanol–water partition coefficient (Wildman–Crippen LogP) is 0.147. The first-order valence-electron chi connectivity index (χ1n) is 7.79. The third-order valence-electron chi connectivity index (χ3n) is 3.74. The summed E-state index contributed by atoms with van der Waals surface area (Å²) in [6.45, 7) is 4.76. The summed E-state index contributed by atoms with van der Waals surface area (Å²) in [6.07, 6.45) is 0.729. The van der Waals surface area contributed by atoms with E-state index in [4.69, 9.17) is 14.6 Å². The lowest BCUT2D eigenvalue weighted by atomic mass is 9.79. The van der Waals surface area contributed by atoms with E-state index in [9.17, 15) is 14.7 Å². The predicted molar refractivity (Wildman–Crippen MR) is 83.5 cm³/mol. The van der Waals surface area contributed by atoms with E-state index >= 15 is 0 Å². The van der Waals surface area contributed by atoms with Gasteiger partial charge in [-0.25, -0.2) is 4.79 Å². The van der Waals surface area contributed by atoms with Gasteiger partial charge in [-0.3, -0.25) is 4.79 Å². The zero-order valence-corrected chi connectivity index (χ0v) is 14.1. The van der Waals surface area contributed by atoms with Crippen molar-refractivity contribution >= 4 is 11.9 Å². The molecule has 3 N–H and O–H groups in total. The molecule has 1 amide bonds. The van der Waals surface area contributed by atoms with Gasteiger partial charge in [0.05, 0.1) is 38.1 Å². The highest BCUT2D eigenvalue weighted by Crippen LogP contribution is 2.31. The lowest BCUT2D eigenvalue weighted by Gasteiger charge is -2.38. The van der Waals surface area contributed by atoms with E-state index in [-0.39, 0.29) is 37.0 Å². The van der Waals surface area contributed by atoms with Crippen molar-refractivity contribution in [2.75, 3.05) is 13.7 Å². The summed E-state index contributed by atoms with van der Waals surface area (Å²) in [5.74, 6) is -0.915. The Morgan fingerprint density at radius 1 is 1.43 bits per heavy atom. The third kappa shape index (κ3) is 5.93. The van der Waals surface area contributed by atoms with Crippen molar-refractivity contribution in [2.24, 2.45) is 5.92 Å². The van der Waals surface area contributed by atoms with Gasteiger partial charge in [0.2, 0.25) is 5.91 Å². The van der Waals surface area contributed by atoms with Crippen LogP contribution in [0.25, 0.3) is 0 Å². The molecule has 0 aliphatic heterocycles. The standard InChI is InChI=1S/C16H27NO6/c1-9(2)23-14-7-12(16(21)22-4)5-11(6-13(20)8-18)15(14)17-10(3)19/h7,9,11,13-15,18,20H,5-6,8H2,1-4H3,(H,17,19)/t11-,13?,14-,15-/m1/s1. The van der Waals surface area contributed by atoms with Gasteiger partial charge in [0.1, 0.15) is 0 Å². The zero-order valence-electron chi connectivity index (χ0n) is 14.1. The molecular formula is C16H27NO6. The van der Waals surface area contributed by atoms with Crippen molar-refractivity contribution in [2.45, 2.75) is 58.0 Å². The molecule has 0 aromatic rings. The molecule has 0 fully saturated rings. The van der Waals surface area contributed by atoms with Crippen LogP contribution in [0.15, 0.2) is 11.6 Å². The molecule has 0 aromatic heterocycles. The molecule has 0 heterocycles. The van der Waals surface area contributed by atoms with E-state index in [2.05, 4.69) is 5.32 Å². The smallest absolute Gasteiger partial charge is 0.333 e. The first-order chi connectivity index (χ1) is 10.8.